The van der Waals surface area contributed by atoms with Crippen molar-refractivity contribution in [1.29, 1.82) is 0 Å². The fourth-order valence-corrected chi connectivity index (χ4v) is 15.5. The average molecular weight is 1440 g/mol. The number of unbranched alkanes of at least 4 members (excludes halogenated alkanes) is 36. The molecule has 18 heteroatoms. The van der Waals surface area contributed by atoms with Crippen molar-refractivity contribution in [1.82, 2.24) is 9.80 Å². The summed E-state index contributed by atoms with van der Waals surface area (Å²) in [4.78, 5) is 29.0. The van der Waals surface area contributed by atoms with E-state index in [4.69, 9.17) is 9.47 Å². The molecule has 0 aromatic heterocycles. The van der Waals surface area contributed by atoms with Crippen LogP contribution in [0.4, 0.5) is 0 Å². The molecule has 0 radical (unpaired) electrons. The maximum Gasteiger partial charge on any atom is 0.302 e. The van der Waals surface area contributed by atoms with Gasteiger partial charge in [-0.2, -0.15) is 0 Å². The van der Waals surface area contributed by atoms with Crippen LogP contribution in [0.1, 0.15) is 377 Å². The second kappa shape index (κ2) is 67.4. The molecular weight excluding hydrogens is 1270 g/mol. The predicted octanol–water partition coefficient (Wildman–Crippen LogP) is 18.8. The first-order valence-electron chi connectivity index (χ1n) is 41.7. The first-order valence-corrected chi connectivity index (χ1v) is 44.9. The van der Waals surface area contributed by atoms with Gasteiger partial charge in [-0.15, -0.1) is 0 Å². The monoisotopic (exact) mass is 1440 g/mol. The Kier molecular flexibility index (Phi) is 67.8. The summed E-state index contributed by atoms with van der Waals surface area (Å²) in [5, 5.41) is 21.9. The summed E-state index contributed by atoms with van der Waals surface area (Å²) >= 11 is 0. The molecule has 0 amide bonds. The molecule has 0 saturated heterocycles. The third kappa shape index (κ3) is 65.3. The Hall–Kier alpha value is -1.48. The van der Waals surface area contributed by atoms with Crippen LogP contribution in [0.2, 0.25) is 0 Å². The normalized spacial score (nSPS) is 13.6. The number of esters is 2. The molecule has 4 atom stereocenters. The van der Waals surface area contributed by atoms with Gasteiger partial charge in [0.25, 0.3) is 0 Å². The van der Waals surface area contributed by atoms with E-state index in [0.29, 0.717) is 52.1 Å². The highest BCUT2D eigenvalue weighted by molar-refractivity contribution is 7.85. The Balaban J connectivity index is 0. The van der Waals surface area contributed by atoms with Crippen molar-refractivity contribution in [2.75, 3.05) is 103 Å². The summed E-state index contributed by atoms with van der Waals surface area (Å²) in [6, 6.07) is 0. The summed E-state index contributed by atoms with van der Waals surface area (Å²) in [7, 11) is -8.42. The minimum Gasteiger partial charge on any atom is -0.748 e. The van der Waals surface area contributed by atoms with Gasteiger partial charge in [0, 0.05) is 90.3 Å². The average Bonchev–Trinajstić information content (AvgIpc) is 0.913. The number of quaternary nitrogens is 2. The van der Waals surface area contributed by atoms with Crippen LogP contribution in [0, 0.1) is 0 Å². The maximum absolute atomic E-state index is 12.2. The van der Waals surface area contributed by atoms with E-state index in [9.17, 15) is 45.7 Å². The van der Waals surface area contributed by atoms with Gasteiger partial charge in [-0.25, -0.2) is 16.8 Å². The summed E-state index contributed by atoms with van der Waals surface area (Å²) in [6.45, 7) is 31.1. The second-order valence-electron chi connectivity index (χ2n) is 30.0. The van der Waals surface area contributed by atoms with E-state index in [1.807, 2.05) is 0 Å². The van der Waals surface area contributed by atoms with Crippen LogP contribution in [0.25, 0.3) is 0 Å². The number of hydrogen-bond acceptors (Lipinski definition) is 14. The molecule has 0 fully saturated rings. The quantitative estimate of drug-likeness (QED) is 0.0251. The van der Waals surface area contributed by atoms with Crippen molar-refractivity contribution in [3.05, 3.63) is 0 Å². The third-order valence-electron chi connectivity index (χ3n) is 21.0. The molecule has 4 unspecified atom stereocenters. The van der Waals surface area contributed by atoms with Gasteiger partial charge in [-0.3, -0.25) is 19.4 Å². The molecule has 0 rings (SSSR count). The van der Waals surface area contributed by atoms with Crippen molar-refractivity contribution in [3.63, 3.8) is 0 Å². The van der Waals surface area contributed by atoms with E-state index < -0.39 is 20.2 Å². The molecule has 0 aromatic carbocycles. The number of carbonyl (C=O) groups excluding carboxylic acids is 2. The van der Waals surface area contributed by atoms with Crippen molar-refractivity contribution < 1.29 is 64.2 Å². The number of hydrogen-bond donors (Lipinski definition) is 2. The van der Waals surface area contributed by atoms with E-state index in [2.05, 4.69) is 65.2 Å². The van der Waals surface area contributed by atoms with Crippen LogP contribution >= 0.6 is 0 Å². The molecule has 0 aliphatic carbocycles. The molecule has 0 heterocycles. The Morgan fingerprint density at radius 1 is 0.327 bits per heavy atom. The molecule has 0 bridgehead atoms. The summed E-state index contributed by atoms with van der Waals surface area (Å²) in [6.07, 6.45) is 55.4. The number of rotatable bonds is 74. The highest BCUT2D eigenvalue weighted by atomic mass is 32.2. The van der Waals surface area contributed by atoms with Gasteiger partial charge in [-0.1, -0.05) is 272 Å². The molecule has 98 heavy (non-hydrogen) atoms. The number of aliphatic hydroxyl groups is 2. The van der Waals surface area contributed by atoms with Gasteiger partial charge < -0.3 is 37.8 Å². The SMILES string of the molecule is CCCCCCCCCCCCC(CN(CCC[N+](CC)(CC)CCCS(=O)(=O)[O-])CC(CCCCCCCCCCCC)OC(C)=O)OC(C)=O.CCCCCCCCCCCCC(O)CN(CCC[N+](CC)(CC)CCCS(=O)(=O)[O-])CC(O)CCCCCCCCCCCC. The van der Waals surface area contributed by atoms with Gasteiger partial charge >= 0.3 is 11.9 Å². The fourth-order valence-electron chi connectivity index (χ4n) is 14.5. The molecule has 0 spiro atoms. The smallest absolute Gasteiger partial charge is 0.302 e. The summed E-state index contributed by atoms with van der Waals surface area (Å²) in [5.74, 6) is -1.15. The van der Waals surface area contributed by atoms with Gasteiger partial charge in [0.15, 0.2) is 0 Å². The Morgan fingerprint density at radius 2 is 0.541 bits per heavy atom. The summed E-state index contributed by atoms with van der Waals surface area (Å²) in [5.41, 5.74) is 0. The summed E-state index contributed by atoms with van der Waals surface area (Å²) < 4.78 is 80.6. The minimum atomic E-state index is -4.23. The first kappa shape index (κ1) is 98.6. The maximum atomic E-state index is 12.2. The van der Waals surface area contributed by atoms with Crippen molar-refractivity contribution in [2.24, 2.45) is 0 Å². The van der Waals surface area contributed by atoms with E-state index in [0.717, 1.165) is 138 Å². The largest absolute Gasteiger partial charge is 0.748 e. The van der Waals surface area contributed by atoms with Crippen molar-refractivity contribution in [3.8, 4) is 0 Å². The van der Waals surface area contributed by atoms with Crippen LogP contribution in [-0.4, -0.2) is 194 Å². The first-order chi connectivity index (χ1) is 47.0. The molecule has 0 saturated carbocycles. The van der Waals surface area contributed by atoms with E-state index >= 15 is 0 Å². The van der Waals surface area contributed by atoms with Crippen LogP contribution in [0.5, 0.6) is 0 Å². The van der Waals surface area contributed by atoms with Crippen molar-refractivity contribution >= 4 is 32.2 Å². The van der Waals surface area contributed by atoms with Gasteiger partial charge in [-0.05, 0) is 66.2 Å². The Bertz CT molecular complexity index is 1900. The standard InChI is InChI=1S/C42H84N2O7S.C38H80N2O5S/c1-7-11-13-15-17-19-21-23-25-27-31-41(50-39(5)45)37-43(33-29-34-44(9-3,10-4)35-30-36-52(47,48)49)38-42(51-40(6)46)32-28-26-24-22-20-18-16-14-12-8-2;1-5-9-11-13-15-17-19-21-23-25-29-37(41)35-39(31-27-32-40(7-3,8-4)33-28-34-46(43,44)45)36-38(42)30-26-24-22-20-18-16-14-12-10-6-2/h41-42H,7-38H2,1-6H3;37-38,41-42H,5-36H2,1-4H3. The van der Waals surface area contributed by atoms with Gasteiger partial charge in [0.2, 0.25) is 0 Å². The van der Waals surface area contributed by atoms with E-state index in [1.54, 1.807) is 0 Å². The van der Waals surface area contributed by atoms with E-state index in [-0.39, 0.29) is 47.9 Å². The van der Waals surface area contributed by atoms with Crippen LogP contribution < -0.4 is 0 Å². The van der Waals surface area contributed by atoms with Crippen molar-refractivity contribution in [2.45, 2.75) is 402 Å². The Morgan fingerprint density at radius 3 is 0.765 bits per heavy atom. The molecular formula is C80H164N4O12S2. The number of nitrogens with zero attached hydrogens (tertiary/aromatic N) is 4. The topological polar surface area (TPSA) is 214 Å². The molecule has 2 N–H and O–H groups in total. The number of aliphatic hydroxyl groups excluding tert-OH is 2. The van der Waals surface area contributed by atoms with Gasteiger partial charge in [0.1, 0.15) is 12.2 Å². The van der Waals surface area contributed by atoms with Crippen LogP contribution in [0.3, 0.4) is 0 Å². The lowest BCUT2D eigenvalue weighted by Gasteiger charge is -2.38. The zero-order valence-corrected chi connectivity index (χ0v) is 67.8. The van der Waals surface area contributed by atoms with Gasteiger partial charge in [0.05, 0.1) is 84.8 Å². The predicted molar refractivity (Wildman–Crippen MR) is 412 cm³/mol. The highest BCUT2D eigenvalue weighted by Gasteiger charge is 2.28. The molecule has 0 aliphatic rings. The minimum absolute atomic E-state index is 0.222. The number of carbonyl (C=O) groups is 2. The lowest BCUT2D eigenvalue weighted by molar-refractivity contribution is -0.925. The van der Waals surface area contributed by atoms with E-state index in [1.165, 1.54) is 232 Å². The van der Waals surface area contributed by atoms with Crippen LogP contribution in [-0.2, 0) is 39.3 Å². The highest BCUT2D eigenvalue weighted by Crippen LogP contribution is 2.21. The lowest BCUT2D eigenvalue weighted by Crippen LogP contribution is -2.50. The molecule has 0 aliphatic heterocycles. The number of ether oxygens (including phenoxy) is 2. The third-order valence-corrected chi connectivity index (χ3v) is 22.6. The zero-order valence-electron chi connectivity index (χ0n) is 66.1. The molecule has 0 aromatic rings. The fraction of sp³-hybridized carbons (Fsp3) is 0.975. The zero-order chi connectivity index (χ0) is 73.3. The molecule has 16 nitrogen and oxygen atoms in total. The lowest BCUT2D eigenvalue weighted by atomic mass is 10.0. The Labute approximate surface area is 607 Å². The van der Waals surface area contributed by atoms with Crippen LogP contribution in [0.15, 0.2) is 0 Å². The molecule has 588 valence electrons. The second-order valence-corrected chi connectivity index (χ2v) is 33.0.